The first-order chi connectivity index (χ1) is 9.19. The van der Waals surface area contributed by atoms with E-state index in [-0.39, 0.29) is 5.25 Å². The van der Waals surface area contributed by atoms with Gasteiger partial charge in [-0.1, -0.05) is 31.0 Å². The zero-order valence-electron chi connectivity index (χ0n) is 11.0. The maximum atomic E-state index is 12.8. The van der Waals surface area contributed by atoms with E-state index in [9.17, 15) is 8.42 Å². The number of hydrogen-bond acceptors (Lipinski definition) is 3. The van der Waals surface area contributed by atoms with E-state index < -0.39 is 10.0 Å². The van der Waals surface area contributed by atoms with Gasteiger partial charge in [-0.15, -0.1) is 0 Å². The van der Waals surface area contributed by atoms with Crippen LogP contribution in [0.3, 0.4) is 0 Å². The number of rotatable bonds is 2. The monoisotopic (exact) mass is 280 g/mol. The summed E-state index contributed by atoms with van der Waals surface area (Å²) in [6.45, 7) is 1.99. The van der Waals surface area contributed by atoms with Gasteiger partial charge < -0.3 is 5.32 Å². The summed E-state index contributed by atoms with van der Waals surface area (Å²) in [4.78, 5) is 0. The third-order valence-electron chi connectivity index (χ3n) is 4.10. The molecule has 1 aliphatic carbocycles. The van der Waals surface area contributed by atoms with Crippen LogP contribution in [0.25, 0.3) is 0 Å². The first-order valence-electron chi connectivity index (χ1n) is 7.00. The highest BCUT2D eigenvalue weighted by molar-refractivity contribution is 7.93. The summed E-state index contributed by atoms with van der Waals surface area (Å²) in [7, 11) is -3.21. The lowest BCUT2D eigenvalue weighted by molar-refractivity contribution is 0.573. The molecule has 1 aromatic rings. The number of sulfonamides is 1. The molecule has 1 aliphatic heterocycles. The molecule has 4 nitrogen and oxygen atoms in total. The van der Waals surface area contributed by atoms with Crippen molar-refractivity contribution in [3.05, 3.63) is 29.8 Å². The minimum absolute atomic E-state index is 0.182. The van der Waals surface area contributed by atoms with Crippen molar-refractivity contribution in [2.24, 2.45) is 0 Å². The minimum atomic E-state index is -3.21. The lowest BCUT2D eigenvalue weighted by Gasteiger charge is -2.27. The molecule has 0 unspecified atom stereocenters. The SMILES string of the molecule is O=S(=O)(C1CCCC1)N1CCNCc2ccccc21. The molecule has 0 amide bonds. The molecule has 0 saturated heterocycles. The van der Waals surface area contributed by atoms with Gasteiger partial charge in [0.1, 0.15) is 0 Å². The van der Waals surface area contributed by atoms with Crippen LogP contribution < -0.4 is 9.62 Å². The third-order valence-corrected chi connectivity index (χ3v) is 6.41. The van der Waals surface area contributed by atoms with E-state index in [1.807, 2.05) is 24.3 Å². The van der Waals surface area contributed by atoms with Gasteiger partial charge in [0, 0.05) is 19.6 Å². The largest absolute Gasteiger partial charge is 0.311 e. The molecule has 2 aliphatic rings. The molecule has 1 N–H and O–H groups in total. The van der Waals surface area contributed by atoms with E-state index >= 15 is 0 Å². The van der Waals surface area contributed by atoms with Crippen LogP contribution in [0.15, 0.2) is 24.3 Å². The highest BCUT2D eigenvalue weighted by atomic mass is 32.2. The van der Waals surface area contributed by atoms with E-state index in [1.54, 1.807) is 4.31 Å². The van der Waals surface area contributed by atoms with Crippen LogP contribution in [0.2, 0.25) is 0 Å². The van der Waals surface area contributed by atoms with Gasteiger partial charge in [0.2, 0.25) is 10.0 Å². The van der Waals surface area contributed by atoms with E-state index in [1.165, 1.54) is 0 Å². The lowest BCUT2D eigenvalue weighted by Crippen LogP contribution is -2.40. The van der Waals surface area contributed by atoms with Crippen LogP contribution in [0.1, 0.15) is 31.2 Å². The first-order valence-corrected chi connectivity index (χ1v) is 8.50. The van der Waals surface area contributed by atoms with Crippen molar-refractivity contribution < 1.29 is 8.42 Å². The van der Waals surface area contributed by atoms with Crippen molar-refractivity contribution in [2.45, 2.75) is 37.5 Å². The average molecular weight is 280 g/mol. The molecule has 0 spiro atoms. The number of anilines is 1. The Balaban J connectivity index is 2.00. The molecule has 104 valence electrons. The van der Waals surface area contributed by atoms with Gasteiger partial charge in [0.05, 0.1) is 10.9 Å². The van der Waals surface area contributed by atoms with Crippen molar-refractivity contribution in [2.75, 3.05) is 17.4 Å². The molecule has 1 fully saturated rings. The normalized spacial score (nSPS) is 21.2. The zero-order chi connectivity index (χ0) is 13.3. The second-order valence-electron chi connectivity index (χ2n) is 5.33. The fourth-order valence-electron chi connectivity index (χ4n) is 3.06. The Bertz CT molecular complexity index is 550. The molecule has 19 heavy (non-hydrogen) atoms. The van der Waals surface area contributed by atoms with Gasteiger partial charge in [-0.2, -0.15) is 0 Å². The van der Waals surface area contributed by atoms with E-state index in [0.29, 0.717) is 13.1 Å². The second kappa shape index (κ2) is 5.13. The quantitative estimate of drug-likeness (QED) is 0.899. The third kappa shape index (κ3) is 2.37. The van der Waals surface area contributed by atoms with Crippen molar-refractivity contribution in [1.29, 1.82) is 0 Å². The van der Waals surface area contributed by atoms with Crippen LogP contribution in [0.5, 0.6) is 0 Å². The summed E-state index contributed by atoms with van der Waals surface area (Å²) in [6, 6.07) is 7.81. The first kappa shape index (κ1) is 12.9. The van der Waals surface area contributed by atoms with Crippen molar-refractivity contribution in [1.82, 2.24) is 5.32 Å². The summed E-state index contributed by atoms with van der Waals surface area (Å²) < 4.78 is 27.2. The topological polar surface area (TPSA) is 49.4 Å². The molecule has 0 bridgehead atoms. The highest BCUT2D eigenvalue weighted by Gasteiger charge is 2.35. The Hall–Kier alpha value is -1.07. The summed E-state index contributed by atoms with van der Waals surface area (Å²) in [5.74, 6) is 0. The zero-order valence-corrected chi connectivity index (χ0v) is 11.8. The number of benzene rings is 1. The number of hydrogen-bond donors (Lipinski definition) is 1. The Morgan fingerprint density at radius 2 is 1.89 bits per heavy atom. The van der Waals surface area contributed by atoms with Gasteiger partial charge in [0.25, 0.3) is 0 Å². The molecule has 3 rings (SSSR count). The van der Waals surface area contributed by atoms with Crippen molar-refractivity contribution in [3.63, 3.8) is 0 Å². The Kier molecular flexibility index (Phi) is 3.50. The van der Waals surface area contributed by atoms with Gasteiger partial charge in [0.15, 0.2) is 0 Å². The molecule has 5 heteroatoms. The lowest BCUT2D eigenvalue weighted by atomic mass is 10.2. The van der Waals surface area contributed by atoms with Crippen molar-refractivity contribution >= 4 is 15.7 Å². The van der Waals surface area contributed by atoms with E-state index in [0.717, 1.165) is 43.5 Å². The van der Waals surface area contributed by atoms with Crippen LogP contribution in [-0.4, -0.2) is 26.8 Å². The maximum absolute atomic E-state index is 12.8. The Morgan fingerprint density at radius 3 is 2.68 bits per heavy atom. The minimum Gasteiger partial charge on any atom is -0.311 e. The van der Waals surface area contributed by atoms with Gasteiger partial charge in [-0.3, -0.25) is 4.31 Å². The van der Waals surface area contributed by atoms with Crippen LogP contribution in [0, 0.1) is 0 Å². The molecule has 0 aromatic heterocycles. The predicted molar refractivity (Wildman–Crippen MR) is 76.7 cm³/mol. The van der Waals surface area contributed by atoms with E-state index in [2.05, 4.69) is 5.32 Å². The number of nitrogens with one attached hydrogen (secondary N) is 1. The molecular weight excluding hydrogens is 260 g/mol. The van der Waals surface area contributed by atoms with E-state index in [4.69, 9.17) is 0 Å². The number of para-hydroxylation sites is 1. The van der Waals surface area contributed by atoms with Gasteiger partial charge in [-0.05, 0) is 24.5 Å². The molecule has 0 atom stereocenters. The van der Waals surface area contributed by atoms with Crippen LogP contribution >= 0.6 is 0 Å². The van der Waals surface area contributed by atoms with Gasteiger partial charge in [-0.25, -0.2) is 8.42 Å². The summed E-state index contributed by atoms with van der Waals surface area (Å²) in [5, 5.41) is 3.11. The highest BCUT2D eigenvalue weighted by Crippen LogP contribution is 2.32. The predicted octanol–water partition coefficient (Wildman–Crippen LogP) is 1.87. The molecule has 0 radical (unpaired) electrons. The Morgan fingerprint density at radius 1 is 1.16 bits per heavy atom. The molecule has 1 saturated carbocycles. The van der Waals surface area contributed by atoms with Crippen molar-refractivity contribution in [3.8, 4) is 0 Å². The summed E-state index contributed by atoms with van der Waals surface area (Å²) >= 11 is 0. The fourth-order valence-corrected chi connectivity index (χ4v) is 5.15. The standard InChI is InChI=1S/C14H20N2O2S/c17-19(18,13-6-2-3-7-13)16-10-9-15-11-12-5-1-4-8-14(12)16/h1,4-5,8,13,15H,2-3,6-7,9-11H2. The van der Waals surface area contributed by atoms with Crippen LogP contribution in [0.4, 0.5) is 5.69 Å². The van der Waals surface area contributed by atoms with Gasteiger partial charge >= 0.3 is 0 Å². The number of fused-ring (bicyclic) bond motifs is 1. The average Bonchev–Trinajstić information content (AvgIpc) is 2.86. The molecular formula is C14H20N2O2S. The maximum Gasteiger partial charge on any atom is 0.238 e. The summed E-state index contributed by atoms with van der Waals surface area (Å²) in [5.41, 5.74) is 1.93. The Labute approximate surface area is 114 Å². The summed E-state index contributed by atoms with van der Waals surface area (Å²) in [6.07, 6.45) is 3.71. The molecule has 1 heterocycles. The second-order valence-corrected chi connectivity index (χ2v) is 7.47. The molecule has 1 aromatic carbocycles. The smallest absolute Gasteiger partial charge is 0.238 e. The number of nitrogens with zero attached hydrogens (tertiary/aromatic N) is 1. The fraction of sp³-hybridized carbons (Fsp3) is 0.571. The van der Waals surface area contributed by atoms with Crippen LogP contribution in [-0.2, 0) is 16.6 Å².